The topological polar surface area (TPSA) is 21.3 Å². The minimum Gasteiger partial charge on any atom is -0.383 e. The van der Waals surface area contributed by atoms with Crippen LogP contribution in [0.2, 0.25) is 0 Å². The van der Waals surface area contributed by atoms with Crippen molar-refractivity contribution in [2.45, 2.75) is 19.8 Å². The second-order valence-corrected chi connectivity index (χ2v) is 4.87. The number of methoxy groups -OCH3 is 1. The number of nitrogens with one attached hydrogen (secondary N) is 1. The summed E-state index contributed by atoms with van der Waals surface area (Å²) in [5.74, 6) is 0.602. The summed E-state index contributed by atoms with van der Waals surface area (Å²) in [4.78, 5) is 2.86. The standard InChI is InChI=1S/C11H19NOS/c1-9(8-12-6-7-13-3)11-5-4-10(2)14-11/h4-5,9,12H,6-8H2,1-3H3. The van der Waals surface area contributed by atoms with Crippen LogP contribution in [-0.4, -0.2) is 26.8 Å². The fraction of sp³-hybridized carbons (Fsp3) is 0.636. The SMILES string of the molecule is COCCNCC(C)c1ccc(C)s1. The summed E-state index contributed by atoms with van der Waals surface area (Å²) in [6.45, 7) is 7.16. The Kier molecular flexibility index (Phi) is 5.15. The molecule has 0 saturated carbocycles. The van der Waals surface area contributed by atoms with Gasteiger partial charge < -0.3 is 10.1 Å². The lowest BCUT2D eigenvalue weighted by Crippen LogP contribution is -2.23. The third-order valence-electron chi connectivity index (χ3n) is 2.18. The smallest absolute Gasteiger partial charge is 0.0587 e. The molecule has 0 radical (unpaired) electrons. The first-order chi connectivity index (χ1) is 6.74. The second-order valence-electron chi connectivity index (χ2n) is 3.55. The molecule has 0 fully saturated rings. The zero-order valence-electron chi connectivity index (χ0n) is 9.17. The molecular formula is C11H19NOS. The Labute approximate surface area is 90.3 Å². The van der Waals surface area contributed by atoms with E-state index >= 15 is 0 Å². The van der Waals surface area contributed by atoms with E-state index in [1.165, 1.54) is 9.75 Å². The maximum atomic E-state index is 4.97. The first-order valence-electron chi connectivity index (χ1n) is 5.00. The van der Waals surface area contributed by atoms with Gasteiger partial charge in [-0.05, 0) is 19.1 Å². The van der Waals surface area contributed by atoms with Crippen molar-refractivity contribution in [3.8, 4) is 0 Å². The quantitative estimate of drug-likeness (QED) is 0.733. The van der Waals surface area contributed by atoms with Crippen LogP contribution in [0.1, 0.15) is 22.6 Å². The zero-order valence-corrected chi connectivity index (χ0v) is 9.99. The lowest BCUT2D eigenvalue weighted by atomic mass is 10.1. The molecule has 1 rings (SSSR count). The first-order valence-corrected chi connectivity index (χ1v) is 5.81. The van der Waals surface area contributed by atoms with Gasteiger partial charge in [0.2, 0.25) is 0 Å². The highest BCUT2D eigenvalue weighted by Gasteiger charge is 2.06. The molecule has 0 aliphatic rings. The molecule has 1 N–H and O–H groups in total. The van der Waals surface area contributed by atoms with Crippen molar-refractivity contribution in [1.82, 2.24) is 5.32 Å². The summed E-state index contributed by atoms with van der Waals surface area (Å²) in [5, 5.41) is 3.38. The van der Waals surface area contributed by atoms with Crippen molar-refractivity contribution >= 4 is 11.3 Å². The minimum absolute atomic E-state index is 0.602. The van der Waals surface area contributed by atoms with E-state index in [4.69, 9.17) is 4.74 Å². The van der Waals surface area contributed by atoms with Crippen LogP contribution in [0.15, 0.2) is 12.1 Å². The third-order valence-corrected chi connectivity index (χ3v) is 3.41. The zero-order chi connectivity index (χ0) is 10.4. The molecule has 0 aromatic carbocycles. The highest BCUT2D eigenvalue weighted by molar-refractivity contribution is 7.12. The maximum absolute atomic E-state index is 4.97. The Bertz CT molecular complexity index is 260. The van der Waals surface area contributed by atoms with Crippen molar-refractivity contribution in [2.75, 3.05) is 26.8 Å². The molecule has 80 valence electrons. The molecule has 1 aromatic heterocycles. The lowest BCUT2D eigenvalue weighted by molar-refractivity contribution is 0.199. The van der Waals surface area contributed by atoms with E-state index in [1.807, 2.05) is 11.3 Å². The molecule has 1 unspecified atom stereocenters. The number of thiophene rings is 1. The van der Waals surface area contributed by atoms with Gasteiger partial charge in [-0.2, -0.15) is 0 Å². The monoisotopic (exact) mass is 213 g/mol. The van der Waals surface area contributed by atoms with Crippen molar-refractivity contribution in [3.05, 3.63) is 21.9 Å². The molecule has 3 heteroatoms. The van der Waals surface area contributed by atoms with E-state index in [9.17, 15) is 0 Å². The van der Waals surface area contributed by atoms with Crippen LogP contribution < -0.4 is 5.32 Å². The van der Waals surface area contributed by atoms with E-state index in [0.29, 0.717) is 5.92 Å². The summed E-state index contributed by atoms with van der Waals surface area (Å²) in [6, 6.07) is 4.41. The van der Waals surface area contributed by atoms with E-state index in [2.05, 4.69) is 31.3 Å². The summed E-state index contributed by atoms with van der Waals surface area (Å²) in [6.07, 6.45) is 0. The Morgan fingerprint density at radius 3 is 2.86 bits per heavy atom. The first kappa shape index (κ1) is 11.7. The summed E-state index contributed by atoms with van der Waals surface area (Å²) >= 11 is 1.89. The molecular weight excluding hydrogens is 194 g/mol. The Hall–Kier alpha value is -0.380. The number of hydrogen-bond acceptors (Lipinski definition) is 3. The second kappa shape index (κ2) is 6.17. The van der Waals surface area contributed by atoms with E-state index in [-0.39, 0.29) is 0 Å². The number of rotatable bonds is 6. The highest BCUT2D eigenvalue weighted by Crippen LogP contribution is 2.23. The van der Waals surface area contributed by atoms with Crippen LogP contribution in [0.4, 0.5) is 0 Å². The average Bonchev–Trinajstić information content (AvgIpc) is 2.59. The van der Waals surface area contributed by atoms with Crippen LogP contribution in [0.25, 0.3) is 0 Å². The normalized spacial score (nSPS) is 13.1. The molecule has 0 bridgehead atoms. The van der Waals surface area contributed by atoms with Crippen molar-refractivity contribution in [3.63, 3.8) is 0 Å². The summed E-state index contributed by atoms with van der Waals surface area (Å²) < 4.78 is 4.97. The van der Waals surface area contributed by atoms with Crippen LogP contribution in [0, 0.1) is 6.92 Å². The van der Waals surface area contributed by atoms with Gasteiger partial charge in [-0.1, -0.05) is 6.92 Å². The van der Waals surface area contributed by atoms with Crippen molar-refractivity contribution in [1.29, 1.82) is 0 Å². The molecule has 0 saturated heterocycles. The van der Waals surface area contributed by atoms with Crippen LogP contribution >= 0.6 is 11.3 Å². The van der Waals surface area contributed by atoms with Gasteiger partial charge in [-0.3, -0.25) is 0 Å². The van der Waals surface area contributed by atoms with E-state index in [0.717, 1.165) is 19.7 Å². The predicted molar refractivity (Wildman–Crippen MR) is 62.2 cm³/mol. The molecule has 0 aliphatic carbocycles. The summed E-state index contributed by atoms with van der Waals surface area (Å²) in [7, 11) is 1.73. The van der Waals surface area contributed by atoms with Crippen LogP contribution in [0.3, 0.4) is 0 Å². The highest BCUT2D eigenvalue weighted by atomic mass is 32.1. The largest absolute Gasteiger partial charge is 0.383 e. The Morgan fingerprint density at radius 2 is 2.29 bits per heavy atom. The molecule has 1 aromatic rings. The molecule has 1 atom stereocenters. The molecule has 0 amide bonds. The average molecular weight is 213 g/mol. The lowest BCUT2D eigenvalue weighted by Gasteiger charge is -2.10. The van der Waals surface area contributed by atoms with Gasteiger partial charge in [0.1, 0.15) is 0 Å². The third kappa shape index (κ3) is 3.78. The van der Waals surface area contributed by atoms with Gasteiger partial charge in [0.25, 0.3) is 0 Å². The van der Waals surface area contributed by atoms with Gasteiger partial charge in [0.15, 0.2) is 0 Å². The van der Waals surface area contributed by atoms with E-state index < -0.39 is 0 Å². The molecule has 2 nitrogen and oxygen atoms in total. The fourth-order valence-electron chi connectivity index (χ4n) is 1.31. The number of ether oxygens (including phenoxy) is 1. The Balaban J connectivity index is 2.25. The molecule has 14 heavy (non-hydrogen) atoms. The minimum atomic E-state index is 0.602. The van der Waals surface area contributed by atoms with Gasteiger partial charge in [0.05, 0.1) is 6.61 Å². The van der Waals surface area contributed by atoms with Gasteiger partial charge in [-0.15, -0.1) is 11.3 Å². The fourth-order valence-corrected chi connectivity index (χ4v) is 2.24. The Morgan fingerprint density at radius 1 is 1.50 bits per heavy atom. The van der Waals surface area contributed by atoms with Gasteiger partial charge >= 0.3 is 0 Å². The van der Waals surface area contributed by atoms with Crippen LogP contribution in [0.5, 0.6) is 0 Å². The van der Waals surface area contributed by atoms with Gasteiger partial charge in [0, 0.05) is 35.9 Å². The van der Waals surface area contributed by atoms with Crippen LogP contribution in [-0.2, 0) is 4.74 Å². The molecule has 1 heterocycles. The van der Waals surface area contributed by atoms with Crippen molar-refractivity contribution < 1.29 is 4.74 Å². The molecule has 0 spiro atoms. The van der Waals surface area contributed by atoms with Crippen molar-refractivity contribution in [2.24, 2.45) is 0 Å². The summed E-state index contributed by atoms with van der Waals surface area (Å²) in [5.41, 5.74) is 0. The van der Waals surface area contributed by atoms with E-state index in [1.54, 1.807) is 7.11 Å². The maximum Gasteiger partial charge on any atom is 0.0587 e. The predicted octanol–water partition coefficient (Wildman–Crippen LogP) is 2.40. The molecule has 0 aliphatic heterocycles. The van der Waals surface area contributed by atoms with Gasteiger partial charge in [-0.25, -0.2) is 0 Å². The number of hydrogen-bond donors (Lipinski definition) is 1. The number of aryl methyl sites for hydroxylation is 1.